The van der Waals surface area contributed by atoms with Gasteiger partial charge in [-0.3, -0.25) is 4.79 Å². The first-order chi connectivity index (χ1) is 10.2. The van der Waals surface area contributed by atoms with Crippen molar-refractivity contribution in [2.75, 3.05) is 6.61 Å². The van der Waals surface area contributed by atoms with Crippen molar-refractivity contribution < 1.29 is 14.3 Å². The van der Waals surface area contributed by atoms with Gasteiger partial charge in [0.25, 0.3) is 5.91 Å². The molecule has 0 spiro atoms. The monoisotopic (exact) mass is 303 g/mol. The Morgan fingerprint density at radius 2 is 2.24 bits per heavy atom. The van der Waals surface area contributed by atoms with Crippen LogP contribution in [0.2, 0.25) is 0 Å². The Morgan fingerprint density at radius 3 is 2.95 bits per heavy atom. The average molecular weight is 303 g/mol. The highest BCUT2D eigenvalue weighted by Gasteiger charge is 2.08. The standard InChI is InChI=1S/C15H13NO4S/c17-7-2-1-3-11-6-8-21-13(11)9-16-15(19)12-4-5-14(18)20-10-12/h4-6,8,10,17H,2,7,9H2,(H,16,19). The van der Waals surface area contributed by atoms with E-state index in [4.69, 9.17) is 5.11 Å². The minimum atomic E-state index is -0.494. The third-order valence-corrected chi connectivity index (χ3v) is 3.50. The highest BCUT2D eigenvalue weighted by molar-refractivity contribution is 7.10. The molecule has 1 amide bonds. The van der Waals surface area contributed by atoms with Crippen molar-refractivity contribution in [3.05, 3.63) is 56.3 Å². The van der Waals surface area contributed by atoms with Gasteiger partial charge in [-0.05, 0) is 17.5 Å². The number of amides is 1. The van der Waals surface area contributed by atoms with Crippen LogP contribution in [0.1, 0.15) is 27.2 Å². The number of nitrogens with one attached hydrogen (secondary N) is 1. The second kappa shape index (κ2) is 7.43. The topological polar surface area (TPSA) is 79.5 Å². The van der Waals surface area contributed by atoms with E-state index in [9.17, 15) is 9.59 Å². The van der Waals surface area contributed by atoms with Crippen LogP contribution in [-0.4, -0.2) is 17.6 Å². The molecule has 0 atom stereocenters. The van der Waals surface area contributed by atoms with Crippen molar-refractivity contribution in [3.63, 3.8) is 0 Å². The molecule has 2 aromatic rings. The van der Waals surface area contributed by atoms with Crippen LogP contribution in [0.4, 0.5) is 0 Å². The van der Waals surface area contributed by atoms with Gasteiger partial charge < -0.3 is 14.8 Å². The normalized spacial score (nSPS) is 9.76. The number of thiophene rings is 1. The van der Waals surface area contributed by atoms with Crippen molar-refractivity contribution in [1.82, 2.24) is 5.32 Å². The predicted molar refractivity (Wildman–Crippen MR) is 79.0 cm³/mol. The van der Waals surface area contributed by atoms with Gasteiger partial charge in [-0.25, -0.2) is 4.79 Å². The zero-order valence-corrected chi connectivity index (χ0v) is 11.9. The average Bonchev–Trinajstić information content (AvgIpc) is 2.93. The molecule has 0 aliphatic carbocycles. The highest BCUT2D eigenvalue weighted by Crippen LogP contribution is 2.15. The Hall–Kier alpha value is -2.36. The highest BCUT2D eigenvalue weighted by atomic mass is 32.1. The number of carbonyl (C=O) groups is 1. The molecule has 108 valence electrons. The zero-order chi connectivity index (χ0) is 15.1. The number of hydrogen-bond donors (Lipinski definition) is 2. The molecule has 0 bridgehead atoms. The van der Waals surface area contributed by atoms with Crippen LogP contribution < -0.4 is 10.9 Å². The lowest BCUT2D eigenvalue weighted by molar-refractivity contribution is 0.0949. The van der Waals surface area contributed by atoms with E-state index < -0.39 is 5.63 Å². The number of hydrogen-bond acceptors (Lipinski definition) is 5. The molecule has 2 heterocycles. The van der Waals surface area contributed by atoms with Gasteiger partial charge in [-0.15, -0.1) is 11.3 Å². The number of rotatable bonds is 4. The van der Waals surface area contributed by atoms with Gasteiger partial charge in [0.15, 0.2) is 0 Å². The third-order valence-electron chi connectivity index (χ3n) is 2.58. The molecule has 0 aliphatic rings. The van der Waals surface area contributed by atoms with Crippen molar-refractivity contribution in [2.24, 2.45) is 0 Å². The summed E-state index contributed by atoms with van der Waals surface area (Å²) in [6.45, 7) is 0.376. The van der Waals surface area contributed by atoms with E-state index in [0.717, 1.165) is 16.7 Å². The third kappa shape index (κ3) is 4.31. The van der Waals surface area contributed by atoms with E-state index in [1.54, 1.807) is 0 Å². The summed E-state index contributed by atoms with van der Waals surface area (Å²) in [6.07, 6.45) is 1.55. The summed E-state index contributed by atoms with van der Waals surface area (Å²) in [6, 6.07) is 4.49. The molecule has 0 saturated heterocycles. The lowest BCUT2D eigenvalue weighted by Crippen LogP contribution is -2.23. The molecule has 0 fully saturated rings. The molecular formula is C15H13NO4S. The van der Waals surface area contributed by atoms with Crippen LogP contribution >= 0.6 is 11.3 Å². The Morgan fingerprint density at radius 1 is 1.38 bits per heavy atom. The van der Waals surface area contributed by atoms with Gasteiger partial charge in [0.2, 0.25) is 0 Å². The maximum Gasteiger partial charge on any atom is 0.335 e. The van der Waals surface area contributed by atoms with Gasteiger partial charge in [0, 0.05) is 22.9 Å². The molecule has 2 aromatic heterocycles. The molecule has 0 unspecified atom stereocenters. The fraction of sp³-hybridized carbons (Fsp3) is 0.200. The first-order valence-corrected chi connectivity index (χ1v) is 7.12. The van der Waals surface area contributed by atoms with Crippen molar-refractivity contribution in [3.8, 4) is 11.8 Å². The molecule has 21 heavy (non-hydrogen) atoms. The van der Waals surface area contributed by atoms with E-state index in [1.165, 1.54) is 23.5 Å². The SMILES string of the molecule is O=C(NCc1sccc1C#CCCO)c1ccc(=O)oc1. The molecule has 0 aromatic carbocycles. The van der Waals surface area contributed by atoms with E-state index in [2.05, 4.69) is 21.6 Å². The van der Waals surface area contributed by atoms with E-state index in [-0.39, 0.29) is 12.5 Å². The number of carbonyl (C=O) groups excluding carboxylic acids is 1. The Balaban J connectivity index is 1.99. The summed E-state index contributed by atoms with van der Waals surface area (Å²) in [5.41, 5.74) is 0.638. The lowest BCUT2D eigenvalue weighted by atomic mass is 10.2. The summed E-state index contributed by atoms with van der Waals surface area (Å²) >= 11 is 1.49. The summed E-state index contributed by atoms with van der Waals surface area (Å²) in [5.74, 6) is 5.48. The molecule has 2 rings (SSSR count). The lowest BCUT2D eigenvalue weighted by Gasteiger charge is -2.03. The first kappa shape index (κ1) is 15.0. The maximum atomic E-state index is 11.9. The quantitative estimate of drug-likeness (QED) is 0.836. The molecule has 5 nitrogen and oxygen atoms in total. The Bertz CT molecular complexity index is 715. The van der Waals surface area contributed by atoms with Gasteiger partial charge in [0.05, 0.1) is 18.7 Å². The molecular weight excluding hydrogens is 290 g/mol. The van der Waals surface area contributed by atoms with Crippen molar-refractivity contribution in [1.29, 1.82) is 0 Å². The van der Waals surface area contributed by atoms with Crippen LogP contribution in [0.3, 0.4) is 0 Å². The molecule has 0 aliphatic heterocycles. The largest absolute Gasteiger partial charge is 0.430 e. The maximum absolute atomic E-state index is 11.9. The Kier molecular flexibility index (Phi) is 5.32. The summed E-state index contributed by atoms with van der Waals surface area (Å²) < 4.78 is 4.65. The van der Waals surface area contributed by atoms with Crippen LogP contribution in [0.5, 0.6) is 0 Å². The number of aliphatic hydroxyl groups excluding tert-OH is 1. The summed E-state index contributed by atoms with van der Waals surface area (Å²) in [7, 11) is 0. The minimum absolute atomic E-state index is 0.0302. The molecule has 2 N–H and O–H groups in total. The van der Waals surface area contributed by atoms with Crippen LogP contribution in [0, 0.1) is 11.8 Å². The van der Waals surface area contributed by atoms with Gasteiger partial charge >= 0.3 is 5.63 Å². The Labute approximate surface area is 125 Å². The number of aliphatic hydroxyl groups is 1. The second-order valence-electron chi connectivity index (χ2n) is 4.06. The minimum Gasteiger partial charge on any atom is -0.430 e. The molecule has 0 radical (unpaired) electrons. The predicted octanol–water partition coefficient (Wildman–Crippen LogP) is 1.37. The van der Waals surface area contributed by atoms with Crippen molar-refractivity contribution >= 4 is 17.2 Å². The smallest absolute Gasteiger partial charge is 0.335 e. The van der Waals surface area contributed by atoms with Crippen molar-refractivity contribution in [2.45, 2.75) is 13.0 Å². The van der Waals surface area contributed by atoms with Crippen LogP contribution in [0.15, 0.2) is 39.1 Å². The van der Waals surface area contributed by atoms with E-state index in [1.807, 2.05) is 11.4 Å². The fourth-order valence-corrected chi connectivity index (χ4v) is 2.32. The van der Waals surface area contributed by atoms with Gasteiger partial charge in [-0.2, -0.15) is 0 Å². The fourth-order valence-electron chi connectivity index (χ4n) is 1.55. The second-order valence-corrected chi connectivity index (χ2v) is 5.06. The van der Waals surface area contributed by atoms with Crippen LogP contribution in [-0.2, 0) is 6.54 Å². The van der Waals surface area contributed by atoms with E-state index >= 15 is 0 Å². The zero-order valence-electron chi connectivity index (χ0n) is 11.1. The van der Waals surface area contributed by atoms with Gasteiger partial charge in [-0.1, -0.05) is 11.8 Å². The first-order valence-electron chi connectivity index (χ1n) is 6.24. The summed E-state index contributed by atoms with van der Waals surface area (Å²) in [5, 5.41) is 13.3. The summed E-state index contributed by atoms with van der Waals surface area (Å²) in [4.78, 5) is 23.7. The van der Waals surface area contributed by atoms with E-state index in [0.29, 0.717) is 18.5 Å². The molecule has 0 saturated carbocycles. The van der Waals surface area contributed by atoms with Crippen LogP contribution in [0.25, 0.3) is 0 Å². The van der Waals surface area contributed by atoms with Gasteiger partial charge in [0.1, 0.15) is 6.26 Å². The molecule has 6 heteroatoms.